The zero-order chi connectivity index (χ0) is 33.2. The number of aryl methyl sites for hydroxylation is 1. The fourth-order valence-corrected chi connectivity index (χ4v) is 3.57. The van der Waals surface area contributed by atoms with Gasteiger partial charge in [-0.2, -0.15) is 0 Å². The van der Waals surface area contributed by atoms with Crippen molar-refractivity contribution in [1.29, 1.82) is 0 Å². The van der Waals surface area contributed by atoms with Crippen LogP contribution in [0.5, 0.6) is 28.7 Å². The minimum Gasteiger partial charge on any atom is -0.484 e. The number of hydrogen-bond donors (Lipinski definition) is 2. The minimum absolute atomic E-state index is 0.00770. The molecular formula is C34H36F3NO7. The number of ether oxygens (including phenoxy) is 4. The van der Waals surface area contributed by atoms with Gasteiger partial charge in [0.1, 0.15) is 28.7 Å². The second kappa shape index (κ2) is 18.5. The summed E-state index contributed by atoms with van der Waals surface area (Å²) in [5.74, 6) is -0.0999. The summed E-state index contributed by atoms with van der Waals surface area (Å²) in [6.07, 6.45) is -5.04. The smallest absolute Gasteiger partial charge is 0.484 e. The van der Waals surface area contributed by atoms with Gasteiger partial charge in [0, 0.05) is 6.42 Å². The molecule has 0 fully saturated rings. The van der Waals surface area contributed by atoms with Crippen molar-refractivity contribution in [1.82, 2.24) is 0 Å². The van der Waals surface area contributed by atoms with E-state index in [1.54, 1.807) is 24.3 Å². The summed E-state index contributed by atoms with van der Waals surface area (Å²) < 4.78 is 56.3. The van der Waals surface area contributed by atoms with E-state index in [1.807, 2.05) is 56.3 Å². The molecule has 45 heavy (non-hydrogen) atoms. The van der Waals surface area contributed by atoms with Crippen molar-refractivity contribution in [2.75, 3.05) is 6.61 Å². The summed E-state index contributed by atoms with van der Waals surface area (Å²) in [4.78, 5) is 22.1. The fraction of sp³-hybridized carbons (Fsp3) is 0.235. The Morgan fingerprint density at radius 1 is 0.733 bits per heavy atom. The Morgan fingerprint density at radius 3 is 1.73 bits per heavy atom. The number of aliphatic carboxylic acids is 1. The maximum Gasteiger partial charge on any atom is 0.573 e. The molecule has 4 aromatic carbocycles. The number of primary amides is 1. The molecule has 240 valence electrons. The molecule has 0 saturated heterocycles. The highest BCUT2D eigenvalue weighted by atomic mass is 19.4. The Bertz CT molecular complexity index is 1430. The lowest BCUT2D eigenvalue weighted by Crippen LogP contribution is -2.29. The van der Waals surface area contributed by atoms with Crippen molar-refractivity contribution < 1.29 is 46.8 Å². The first-order chi connectivity index (χ1) is 21.5. The molecular weight excluding hydrogens is 591 g/mol. The highest BCUT2D eigenvalue weighted by molar-refractivity contribution is 5.75. The first-order valence-corrected chi connectivity index (χ1v) is 14.1. The number of rotatable bonds is 12. The largest absolute Gasteiger partial charge is 0.573 e. The molecule has 0 saturated carbocycles. The molecule has 0 aliphatic heterocycles. The van der Waals surface area contributed by atoms with Gasteiger partial charge in [-0.1, -0.05) is 63.2 Å². The minimum atomic E-state index is -4.82. The topological polar surface area (TPSA) is 117 Å². The molecule has 1 atom stereocenters. The van der Waals surface area contributed by atoms with E-state index in [2.05, 4.69) is 23.8 Å². The van der Waals surface area contributed by atoms with Crippen LogP contribution in [0.3, 0.4) is 0 Å². The van der Waals surface area contributed by atoms with E-state index in [9.17, 15) is 27.9 Å². The van der Waals surface area contributed by atoms with Crippen LogP contribution in [-0.2, 0) is 22.4 Å². The van der Waals surface area contributed by atoms with Crippen LogP contribution in [0.2, 0.25) is 0 Å². The average Bonchev–Trinajstić information content (AvgIpc) is 3.02. The van der Waals surface area contributed by atoms with Crippen LogP contribution in [-0.4, -0.2) is 36.1 Å². The lowest BCUT2D eigenvalue weighted by atomic mass is 10.1. The van der Waals surface area contributed by atoms with Crippen molar-refractivity contribution in [3.63, 3.8) is 0 Å². The molecule has 1 unspecified atom stereocenters. The van der Waals surface area contributed by atoms with Crippen LogP contribution in [0.1, 0.15) is 31.9 Å². The predicted octanol–water partition coefficient (Wildman–Crippen LogP) is 7.59. The highest BCUT2D eigenvalue weighted by Gasteiger charge is 2.31. The van der Waals surface area contributed by atoms with Crippen molar-refractivity contribution in [2.45, 2.75) is 46.1 Å². The third-order valence-electron chi connectivity index (χ3n) is 5.65. The van der Waals surface area contributed by atoms with Gasteiger partial charge in [-0.3, -0.25) is 4.79 Å². The number of nitrogens with two attached hydrogens (primary N) is 1. The number of para-hydroxylation sites is 1. The van der Waals surface area contributed by atoms with Crippen LogP contribution >= 0.6 is 0 Å². The molecule has 0 radical (unpaired) electrons. The van der Waals surface area contributed by atoms with Crippen molar-refractivity contribution in [3.8, 4) is 28.7 Å². The van der Waals surface area contributed by atoms with Crippen LogP contribution in [0.15, 0.2) is 103 Å². The Balaban J connectivity index is 0.000000347. The van der Waals surface area contributed by atoms with E-state index >= 15 is 0 Å². The normalized spacial score (nSPS) is 11.0. The van der Waals surface area contributed by atoms with Crippen LogP contribution in [0, 0.1) is 0 Å². The van der Waals surface area contributed by atoms with Gasteiger partial charge in [-0.05, 0) is 78.2 Å². The van der Waals surface area contributed by atoms with Gasteiger partial charge in [0.15, 0.2) is 12.7 Å². The third kappa shape index (κ3) is 14.2. The average molecular weight is 628 g/mol. The van der Waals surface area contributed by atoms with Crippen LogP contribution in [0.25, 0.3) is 0 Å². The molecule has 0 bridgehead atoms. The van der Waals surface area contributed by atoms with Crippen molar-refractivity contribution >= 4 is 11.9 Å². The van der Waals surface area contributed by atoms with E-state index in [0.29, 0.717) is 11.3 Å². The van der Waals surface area contributed by atoms with E-state index in [1.165, 1.54) is 17.7 Å². The zero-order valence-electron chi connectivity index (χ0n) is 25.1. The first-order valence-electron chi connectivity index (χ1n) is 14.1. The number of carboxylic acid groups (broad SMARTS) is 1. The Hall–Kier alpha value is -5.19. The molecule has 0 spiro atoms. The Labute approximate surface area is 260 Å². The second-order valence-electron chi connectivity index (χ2n) is 8.98. The molecule has 0 aromatic heterocycles. The van der Waals surface area contributed by atoms with E-state index < -0.39 is 30.1 Å². The van der Waals surface area contributed by atoms with E-state index in [4.69, 9.17) is 19.9 Å². The zero-order valence-corrected chi connectivity index (χ0v) is 25.1. The molecule has 4 aromatic rings. The predicted molar refractivity (Wildman–Crippen MR) is 164 cm³/mol. The van der Waals surface area contributed by atoms with Gasteiger partial charge >= 0.3 is 12.3 Å². The van der Waals surface area contributed by atoms with Gasteiger partial charge in [-0.25, -0.2) is 4.79 Å². The standard InChI is InChI=1S/C18H16F3NO6.C14H14O.C2H6/c19-18(20,21)28-14-7-5-13(6-8-14)27-15(17(24)25)9-11-1-3-12(4-2-11)26-10-16(22)23;1-2-12-8-10-14(11-9-12)15-13-6-4-3-5-7-13;1-2/h1-8,15H,9-10H2,(H2,22,23)(H,24,25);3-11H,2H2,1H3;1-2H3. The van der Waals surface area contributed by atoms with E-state index in [0.717, 1.165) is 30.1 Å². The number of alkyl halides is 3. The molecule has 0 aliphatic carbocycles. The maximum absolute atomic E-state index is 12.2. The number of carbonyl (C=O) groups is 2. The molecule has 4 rings (SSSR count). The Morgan fingerprint density at radius 2 is 1.22 bits per heavy atom. The first kappa shape index (κ1) is 36.0. The molecule has 11 heteroatoms. The summed E-state index contributed by atoms with van der Waals surface area (Å²) in [5, 5.41) is 9.33. The van der Waals surface area contributed by atoms with Crippen LogP contribution < -0.4 is 24.7 Å². The summed E-state index contributed by atoms with van der Waals surface area (Å²) in [6, 6.07) is 28.7. The number of carboxylic acids is 1. The molecule has 1 amide bonds. The van der Waals surface area contributed by atoms with Gasteiger partial charge in [0.25, 0.3) is 5.91 Å². The second-order valence-corrected chi connectivity index (χ2v) is 8.98. The maximum atomic E-state index is 12.2. The van der Waals surface area contributed by atoms with Crippen molar-refractivity contribution in [3.05, 3.63) is 114 Å². The quantitative estimate of drug-likeness (QED) is 0.166. The summed E-state index contributed by atoms with van der Waals surface area (Å²) in [5.41, 5.74) is 6.91. The molecule has 0 aliphatic rings. The monoisotopic (exact) mass is 627 g/mol. The summed E-state index contributed by atoms with van der Waals surface area (Å²) >= 11 is 0. The molecule has 0 heterocycles. The summed E-state index contributed by atoms with van der Waals surface area (Å²) in [7, 11) is 0. The van der Waals surface area contributed by atoms with Gasteiger partial charge in [0.2, 0.25) is 0 Å². The number of carbonyl (C=O) groups excluding carboxylic acids is 1. The SMILES string of the molecule is CC.CCc1ccc(Oc2ccccc2)cc1.NC(=O)COc1ccc(CC(Oc2ccc(OC(F)(F)F)cc2)C(=O)O)cc1. The Kier molecular flexibility index (Phi) is 14.8. The van der Waals surface area contributed by atoms with Gasteiger partial charge < -0.3 is 29.8 Å². The van der Waals surface area contributed by atoms with Gasteiger partial charge in [0.05, 0.1) is 0 Å². The van der Waals surface area contributed by atoms with Crippen molar-refractivity contribution in [2.24, 2.45) is 5.73 Å². The number of benzene rings is 4. The fourth-order valence-electron chi connectivity index (χ4n) is 3.57. The number of amides is 1. The highest BCUT2D eigenvalue weighted by Crippen LogP contribution is 2.26. The summed E-state index contributed by atoms with van der Waals surface area (Å²) in [6.45, 7) is 5.86. The lowest BCUT2D eigenvalue weighted by Gasteiger charge is -2.16. The number of halogens is 3. The third-order valence-corrected chi connectivity index (χ3v) is 5.65. The molecule has 8 nitrogen and oxygen atoms in total. The number of hydrogen-bond acceptors (Lipinski definition) is 6. The van der Waals surface area contributed by atoms with Gasteiger partial charge in [-0.15, -0.1) is 13.2 Å². The van der Waals surface area contributed by atoms with Crippen LogP contribution in [0.4, 0.5) is 13.2 Å². The lowest BCUT2D eigenvalue weighted by molar-refractivity contribution is -0.274. The van der Waals surface area contributed by atoms with E-state index in [-0.39, 0.29) is 18.8 Å². The molecule has 3 N–H and O–H groups in total.